The van der Waals surface area contributed by atoms with E-state index in [1.807, 2.05) is 44.3 Å². The van der Waals surface area contributed by atoms with Crippen LogP contribution >= 0.6 is 0 Å². The van der Waals surface area contributed by atoms with Gasteiger partial charge in [-0.3, -0.25) is 0 Å². The molecule has 1 saturated heterocycles. The van der Waals surface area contributed by atoms with Gasteiger partial charge in [-0.2, -0.15) is 0 Å². The van der Waals surface area contributed by atoms with E-state index < -0.39 is 0 Å². The summed E-state index contributed by atoms with van der Waals surface area (Å²) < 4.78 is 5.70. The smallest absolute Gasteiger partial charge is 0.338 e. The van der Waals surface area contributed by atoms with Gasteiger partial charge >= 0.3 is 5.97 Å². The van der Waals surface area contributed by atoms with Gasteiger partial charge < -0.3 is 14.5 Å². The normalized spacial score (nSPS) is 16.5. The van der Waals surface area contributed by atoms with Gasteiger partial charge in [0.1, 0.15) is 6.10 Å². The quantitative estimate of drug-likeness (QED) is 0.472. The van der Waals surface area contributed by atoms with Gasteiger partial charge in [-0.1, -0.05) is 0 Å². The highest BCUT2D eigenvalue weighted by Gasteiger charge is 2.22. The molecule has 5 heteroatoms. The average Bonchev–Trinajstić information content (AvgIpc) is 2.56. The number of hydrogen-bond donors (Lipinski definition) is 0. The molecule has 132 valence electrons. The van der Waals surface area contributed by atoms with Gasteiger partial charge in [-0.05, 0) is 63.9 Å². The molecule has 0 bridgehead atoms. The lowest BCUT2D eigenvalue weighted by Gasteiger charge is -2.28. The largest absolute Gasteiger partial charge is 0.459 e. The second-order valence-corrected chi connectivity index (χ2v) is 6.68. The van der Waals surface area contributed by atoms with E-state index in [4.69, 9.17) is 4.74 Å². The molecule has 1 heterocycles. The lowest BCUT2D eigenvalue weighted by molar-refractivity contribution is 0.0138. The number of piperidine rings is 1. The van der Waals surface area contributed by atoms with Crippen LogP contribution in [-0.4, -0.2) is 61.9 Å². The van der Waals surface area contributed by atoms with Crippen molar-refractivity contribution in [2.75, 3.05) is 33.7 Å². The Morgan fingerprint density at radius 1 is 1.33 bits per heavy atom. The van der Waals surface area contributed by atoms with Crippen molar-refractivity contribution in [3.05, 3.63) is 28.8 Å². The molecule has 1 aliphatic rings. The Bertz CT molecular complexity index is 605. The summed E-state index contributed by atoms with van der Waals surface area (Å²) in [6, 6.07) is 3.85. The highest BCUT2D eigenvalue weighted by molar-refractivity contribution is 5.92. The minimum absolute atomic E-state index is 0.0318. The Morgan fingerprint density at radius 2 is 2.00 bits per heavy atom. The van der Waals surface area contributed by atoms with Crippen molar-refractivity contribution in [3.63, 3.8) is 0 Å². The maximum atomic E-state index is 12.5. The van der Waals surface area contributed by atoms with Crippen LogP contribution in [0.25, 0.3) is 0 Å². The van der Waals surface area contributed by atoms with Crippen LogP contribution in [0.4, 0.5) is 5.69 Å². The number of aryl methyl sites for hydroxylation is 2. The third kappa shape index (κ3) is 4.81. The second kappa shape index (κ2) is 8.29. The molecule has 0 amide bonds. The highest BCUT2D eigenvalue weighted by atomic mass is 16.5. The average molecular weight is 331 g/mol. The number of rotatable bonds is 5. The van der Waals surface area contributed by atoms with Crippen molar-refractivity contribution in [1.82, 2.24) is 9.80 Å². The number of nitrogens with zero attached hydrogens (tertiary/aromatic N) is 3. The predicted molar refractivity (Wildman–Crippen MR) is 98.3 cm³/mol. The first-order valence-corrected chi connectivity index (χ1v) is 8.66. The van der Waals surface area contributed by atoms with Gasteiger partial charge in [-0.25, -0.2) is 9.79 Å². The maximum Gasteiger partial charge on any atom is 0.338 e. The van der Waals surface area contributed by atoms with E-state index in [0.29, 0.717) is 5.56 Å². The van der Waals surface area contributed by atoms with Crippen LogP contribution in [0.2, 0.25) is 0 Å². The zero-order chi connectivity index (χ0) is 17.7. The molecule has 0 aromatic heterocycles. The SMILES string of the molecule is CCN(C)/C=N/c1cc(C)c(C(=O)OC2CCN(C)CC2)cc1C. The fourth-order valence-corrected chi connectivity index (χ4v) is 2.72. The van der Waals surface area contributed by atoms with Gasteiger partial charge in [0.25, 0.3) is 0 Å². The molecule has 2 rings (SSSR count). The Morgan fingerprint density at radius 3 is 2.62 bits per heavy atom. The summed E-state index contributed by atoms with van der Waals surface area (Å²) in [7, 11) is 4.08. The lowest BCUT2D eigenvalue weighted by Crippen LogP contribution is -2.35. The summed E-state index contributed by atoms with van der Waals surface area (Å²) in [5.41, 5.74) is 3.43. The van der Waals surface area contributed by atoms with Crippen molar-refractivity contribution in [1.29, 1.82) is 0 Å². The third-order valence-corrected chi connectivity index (χ3v) is 4.59. The van der Waals surface area contributed by atoms with Gasteiger partial charge in [-0.15, -0.1) is 0 Å². The zero-order valence-electron chi connectivity index (χ0n) is 15.5. The highest BCUT2D eigenvalue weighted by Crippen LogP contribution is 2.25. The molecule has 24 heavy (non-hydrogen) atoms. The number of benzene rings is 1. The predicted octanol–water partition coefficient (Wildman–Crippen LogP) is 3.17. The summed E-state index contributed by atoms with van der Waals surface area (Å²) in [5, 5.41) is 0. The summed E-state index contributed by atoms with van der Waals surface area (Å²) in [6.45, 7) is 8.86. The summed E-state index contributed by atoms with van der Waals surface area (Å²) in [4.78, 5) is 21.3. The molecular formula is C19H29N3O2. The number of ether oxygens (including phenoxy) is 1. The summed E-state index contributed by atoms with van der Waals surface area (Å²) in [5.74, 6) is -0.216. The van der Waals surface area contributed by atoms with Crippen LogP contribution in [-0.2, 0) is 4.74 Å². The van der Waals surface area contributed by atoms with Gasteiger partial charge in [0, 0.05) is 26.7 Å². The van der Waals surface area contributed by atoms with Crippen molar-refractivity contribution in [2.24, 2.45) is 4.99 Å². The minimum atomic E-state index is -0.216. The van der Waals surface area contributed by atoms with Crippen molar-refractivity contribution in [3.8, 4) is 0 Å². The van der Waals surface area contributed by atoms with Crippen LogP contribution in [0.1, 0.15) is 41.3 Å². The first kappa shape index (κ1) is 18.5. The van der Waals surface area contributed by atoms with Crippen LogP contribution in [0, 0.1) is 13.8 Å². The molecular weight excluding hydrogens is 302 g/mol. The van der Waals surface area contributed by atoms with E-state index in [1.165, 1.54) is 0 Å². The molecule has 0 spiro atoms. The standard InChI is InChI=1S/C19H29N3O2/c1-6-21(4)13-20-18-12-14(2)17(11-15(18)3)19(23)24-16-7-9-22(5)10-8-16/h11-13,16H,6-10H2,1-5H3/b20-13+. The molecule has 5 nitrogen and oxygen atoms in total. The number of carbonyl (C=O) groups excluding carboxylic acids is 1. The molecule has 1 aliphatic heterocycles. The van der Waals surface area contributed by atoms with E-state index in [2.05, 4.69) is 23.9 Å². The van der Waals surface area contributed by atoms with E-state index >= 15 is 0 Å². The molecule has 0 radical (unpaired) electrons. The molecule has 1 aromatic rings. The number of esters is 1. The fourth-order valence-electron chi connectivity index (χ4n) is 2.72. The summed E-state index contributed by atoms with van der Waals surface area (Å²) in [6.07, 6.45) is 3.67. The van der Waals surface area contributed by atoms with Gasteiger partial charge in [0.2, 0.25) is 0 Å². The first-order valence-electron chi connectivity index (χ1n) is 8.66. The monoisotopic (exact) mass is 331 g/mol. The number of likely N-dealkylation sites (tertiary alicyclic amines) is 1. The Balaban J connectivity index is 2.09. The molecule has 0 saturated carbocycles. The van der Waals surface area contributed by atoms with Gasteiger partial charge in [0.05, 0.1) is 17.6 Å². The maximum absolute atomic E-state index is 12.5. The molecule has 0 unspecified atom stereocenters. The van der Waals surface area contributed by atoms with Crippen molar-refractivity contribution in [2.45, 2.75) is 39.7 Å². The molecule has 0 atom stereocenters. The fraction of sp³-hybridized carbons (Fsp3) is 0.579. The first-order chi connectivity index (χ1) is 11.4. The Hall–Kier alpha value is -1.88. The van der Waals surface area contributed by atoms with E-state index in [-0.39, 0.29) is 12.1 Å². The van der Waals surface area contributed by atoms with E-state index in [1.54, 1.807) is 0 Å². The number of hydrogen-bond acceptors (Lipinski definition) is 4. The third-order valence-electron chi connectivity index (χ3n) is 4.59. The minimum Gasteiger partial charge on any atom is -0.459 e. The van der Waals surface area contributed by atoms with Crippen LogP contribution in [0.3, 0.4) is 0 Å². The summed E-state index contributed by atoms with van der Waals surface area (Å²) >= 11 is 0. The molecule has 0 aliphatic carbocycles. The molecule has 1 fully saturated rings. The number of aliphatic imine (C=N–C) groups is 1. The molecule has 0 N–H and O–H groups in total. The number of carbonyl (C=O) groups is 1. The van der Waals surface area contributed by atoms with E-state index in [9.17, 15) is 4.79 Å². The van der Waals surface area contributed by atoms with Crippen molar-refractivity contribution >= 4 is 18.0 Å². The topological polar surface area (TPSA) is 45.1 Å². The van der Waals surface area contributed by atoms with Gasteiger partial charge in [0.15, 0.2) is 0 Å². The zero-order valence-corrected chi connectivity index (χ0v) is 15.5. The lowest BCUT2D eigenvalue weighted by atomic mass is 10.0. The molecule has 1 aromatic carbocycles. The van der Waals surface area contributed by atoms with Crippen molar-refractivity contribution < 1.29 is 9.53 Å². The van der Waals surface area contributed by atoms with Crippen LogP contribution < -0.4 is 0 Å². The van der Waals surface area contributed by atoms with Crippen LogP contribution in [0.5, 0.6) is 0 Å². The van der Waals surface area contributed by atoms with Crippen LogP contribution in [0.15, 0.2) is 17.1 Å². The second-order valence-electron chi connectivity index (χ2n) is 6.68. The Labute approximate surface area is 145 Å². The Kier molecular flexibility index (Phi) is 6.37. The van der Waals surface area contributed by atoms with E-state index in [0.717, 1.165) is 49.3 Å².